The van der Waals surface area contributed by atoms with E-state index in [0.29, 0.717) is 0 Å². The van der Waals surface area contributed by atoms with Gasteiger partial charge in [0.25, 0.3) is 5.88 Å². The molecule has 0 radical (unpaired) electrons. The second kappa shape index (κ2) is 3.53. The Morgan fingerprint density at radius 2 is 2.40 bits per heavy atom. The summed E-state index contributed by atoms with van der Waals surface area (Å²) >= 11 is 0. The zero-order chi connectivity index (χ0) is 10.8. The van der Waals surface area contributed by atoms with Crippen LogP contribution in [0.3, 0.4) is 0 Å². The number of nitriles is 1. The maximum atomic E-state index is 10.7. The number of pyridine rings is 1. The van der Waals surface area contributed by atoms with Crippen LogP contribution in [0.4, 0.5) is 5.69 Å². The fraction of sp³-hybridized carbons (Fsp3) is 0.333. The molecule has 15 heavy (non-hydrogen) atoms. The van der Waals surface area contributed by atoms with E-state index < -0.39 is 4.92 Å². The maximum absolute atomic E-state index is 10.7. The molecule has 6 heteroatoms. The molecule has 1 saturated carbocycles. The first-order valence-corrected chi connectivity index (χ1v) is 4.42. The Morgan fingerprint density at radius 1 is 1.67 bits per heavy atom. The summed E-state index contributed by atoms with van der Waals surface area (Å²) in [6.45, 7) is 0. The SMILES string of the molecule is N#Cc1cnc(OC2CC2)c([N+](=O)[O-])c1. The smallest absolute Gasteiger partial charge is 0.332 e. The molecule has 0 spiro atoms. The first-order chi connectivity index (χ1) is 7.20. The molecule has 0 saturated heterocycles. The minimum atomic E-state index is -0.592. The number of nitro groups is 1. The molecule has 0 amide bonds. The van der Waals surface area contributed by atoms with E-state index in [0.717, 1.165) is 12.8 Å². The molecule has 0 atom stereocenters. The summed E-state index contributed by atoms with van der Waals surface area (Å²) in [6.07, 6.45) is 3.12. The van der Waals surface area contributed by atoms with Gasteiger partial charge < -0.3 is 4.74 Å². The first kappa shape index (κ1) is 9.40. The van der Waals surface area contributed by atoms with Gasteiger partial charge in [0.1, 0.15) is 12.2 Å². The summed E-state index contributed by atoms with van der Waals surface area (Å²) in [4.78, 5) is 13.8. The predicted octanol–water partition coefficient (Wildman–Crippen LogP) is 1.40. The quantitative estimate of drug-likeness (QED) is 0.549. The molecule has 0 aromatic carbocycles. The average molecular weight is 205 g/mol. The van der Waals surface area contributed by atoms with Crippen molar-refractivity contribution in [2.75, 3.05) is 0 Å². The van der Waals surface area contributed by atoms with Crippen LogP contribution in [-0.2, 0) is 0 Å². The largest absolute Gasteiger partial charge is 0.469 e. The summed E-state index contributed by atoms with van der Waals surface area (Å²) in [5, 5.41) is 19.2. The number of aromatic nitrogens is 1. The van der Waals surface area contributed by atoms with Crippen molar-refractivity contribution < 1.29 is 9.66 Å². The van der Waals surface area contributed by atoms with E-state index in [1.807, 2.05) is 0 Å². The van der Waals surface area contributed by atoms with Gasteiger partial charge in [-0.1, -0.05) is 0 Å². The van der Waals surface area contributed by atoms with E-state index in [1.165, 1.54) is 12.3 Å². The van der Waals surface area contributed by atoms with Crippen LogP contribution >= 0.6 is 0 Å². The summed E-state index contributed by atoms with van der Waals surface area (Å²) < 4.78 is 5.26. The molecule has 6 nitrogen and oxygen atoms in total. The van der Waals surface area contributed by atoms with Crippen LogP contribution in [0.5, 0.6) is 5.88 Å². The van der Waals surface area contributed by atoms with E-state index in [9.17, 15) is 10.1 Å². The van der Waals surface area contributed by atoms with Crippen LogP contribution in [0, 0.1) is 21.4 Å². The van der Waals surface area contributed by atoms with Crippen molar-refractivity contribution in [2.45, 2.75) is 18.9 Å². The number of hydrogen-bond donors (Lipinski definition) is 0. The molecule has 0 unspecified atom stereocenters. The molecule has 0 bridgehead atoms. The lowest BCUT2D eigenvalue weighted by molar-refractivity contribution is -0.386. The number of nitrogens with zero attached hydrogens (tertiary/aromatic N) is 3. The van der Waals surface area contributed by atoms with Crippen LogP contribution < -0.4 is 4.74 Å². The molecule has 76 valence electrons. The van der Waals surface area contributed by atoms with Gasteiger partial charge in [-0.15, -0.1) is 0 Å². The third-order valence-corrected chi connectivity index (χ3v) is 1.96. The zero-order valence-electron chi connectivity index (χ0n) is 7.71. The van der Waals surface area contributed by atoms with E-state index in [2.05, 4.69) is 4.98 Å². The third-order valence-electron chi connectivity index (χ3n) is 1.96. The minimum Gasteiger partial charge on any atom is -0.469 e. The second-order valence-electron chi connectivity index (χ2n) is 3.23. The standard InChI is InChI=1S/C9H7N3O3/c10-4-6-3-8(12(13)14)9(11-5-6)15-7-1-2-7/h3,5,7H,1-2H2. The summed E-state index contributed by atoms with van der Waals surface area (Å²) in [5.74, 6) is 0.00139. The van der Waals surface area contributed by atoms with Crippen molar-refractivity contribution in [3.8, 4) is 11.9 Å². The van der Waals surface area contributed by atoms with Crippen molar-refractivity contribution in [1.29, 1.82) is 5.26 Å². The molecule has 0 aliphatic heterocycles. The fourth-order valence-electron chi connectivity index (χ4n) is 1.07. The Labute approximate surface area is 85.3 Å². The second-order valence-corrected chi connectivity index (χ2v) is 3.23. The van der Waals surface area contributed by atoms with E-state index in [4.69, 9.17) is 10.00 Å². The Morgan fingerprint density at radius 3 is 2.93 bits per heavy atom. The lowest BCUT2D eigenvalue weighted by Gasteiger charge is -2.03. The lowest BCUT2D eigenvalue weighted by atomic mass is 10.3. The van der Waals surface area contributed by atoms with Crippen molar-refractivity contribution >= 4 is 5.69 Å². The molecule has 0 N–H and O–H groups in total. The van der Waals surface area contributed by atoms with Crippen LogP contribution in [0.25, 0.3) is 0 Å². The average Bonchev–Trinajstić information content (AvgIpc) is 3.02. The van der Waals surface area contributed by atoms with Gasteiger partial charge in [0.15, 0.2) is 0 Å². The lowest BCUT2D eigenvalue weighted by Crippen LogP contribution is -2.02. The van der Waals surface area contributed by atoms with E-state index in [-0.39, 0.29) is 23.2 Å². The highest BCUT2D eigenvalue weighted by Gasteiger charge is 2.28. The fourth-order valence-corrected chi connectivity index (χ4v) is 1.07. The Bertz CT molecular complexity index is 448. The zero-order valence-corrected chi connectivity index (χ0v) is 7.71. The summed E-state index contributed by atoms with van der Waals surface area (Å²) in [7, 11) is 0. The molecule has 1 heterocycles. The molecule has 1 fully saturated rings. The van der Waals surface area contributed by atoms with E-state index in [1.54, 1.807) is 6.07 Å². The van der Waals surface area contributed by atoms with Crippen molar-refractivity contribution in [1.82, 2.24) is 4.98 Å². The molecule has 1 aliphatic carbocycles. The molecule has 1 aromatic rings. The van der Waals surface area contributed by atoms with Gasteiger partial charge in [-0.25, -0.2) is 4.98 Å². The Hall–Kier alpha value is -2.16. The molecular formula is C9H7N3O3. The first-order valence-electron chi connectivity index (χ1n) is 4.42. The van der Waals surface area contributed by atoms with E-state index >= 15 is 0 Å². The molecule has 2 rings (SSSR count). The van der Waals surface area contributed by atoms with Crippen LogP contribution in [0.1, 0.15) is 18.4 Å². The highest BCUT2D eigenvalue weighted by molar-refractivity contribution is 5.46. The van der Waals surface area contributed by atoms with Gasteiger partial charge in [-0.05, 0) is 12.8 Å². The molecule has 1 aromatic heterocycles. The van der Waals surface area contributed by atoms with Crippen molar-refractivity contribution in [3.05, 3.63) is 27.9 Å². The van der Waals surface area contributed by atoms with Crippen LogP contribution in [-0.4, -0.2) is 16.0 Å². The van der Waals surface area contributed by atoms with Crippen molar-refractivity contribution in [3.63, 3.8) is 0 Å². The maximum Gasteiger partial charge on any atom is 0.332 e. The monoisotopic (exact) mass is 205 g/mol. The molecular weight excluding hydrogens is 198 g/mol. The number of rotatable bonds is 3. The summed E-state index contributed by atoms with van der Waals surface area (Å²) in [5.41, 5.74) is -0.0919. The van der Waals surface area contributed by atoms with Crippen LogP contribution in [0.2, 0.25) is 0 Å². The normalized spacial score (nSPS) is 14.3. The highest BCUT2D eigenvalue weighted by atomic mass is 16.6. The summed E-state index contributed by atoms with van der Waals surface area (Å²) in [6, 6.07) is 2.97. The minimum absolute atomic E-state index is 0.00139. The predicted molar refractivity (Wildman–Crippen MR) is 49.3 cm³/mol. The van der Waals surface area contributed by atoms with Gasteiger partial charge >= 0.3 is 5.69 Å². The van der Waals surface area contributed by atoms with Gasteiger partial charge in [-0.3, -0.25) is 10.1 Å². The van der Waals surface area contributed by atoms with Gasteiger partial charge in [0, 0.05) is 12.3 Å². The number of hydrogen-bond acceptors (Lipinski definition) is 5. The Kier molecular flexibility index (Phi) is 2.21. The Balaban J connectivity index is 2.35. The topological polar surface area (TPSA) is 89.0 Å². The van der Waals surface area contributed by atoms with Crippen molar-refractivity contribution in [2.24, 2.45) is 0 Å². The third kappa shape index (κ3) is 2.02. The molecule has 1 aliphatic rings. The van der Waals surface area contributed by atoms with Gasteiger partial charge in [0.2, 0.25) is 0 Å². The number of ether oxygens (including phenoxy) is 1. The van der Waals surface area contributed by atoms with Crippen LogP contribution in [0.15, 0.2) is 12.3 Å². The van der Waals surface area contributed by atoms with Gasteiger partial charge in [-0.2, -0.15) is 5.26 Å². The van der Waals surface area contributed by atoms with Gasteiger partial charge in [0.05, 0.1) is 10.5 Å². The highest BCUT2D eigenvalue weighted by Crippen LogP contribution is 2.31.